The first kappa shape index (κ1) is 19.1. The van der Waals surface area contributed by atoms with Crippen molar-refractivity contribution in [1.29, 1.82) is 0 Å². The fourth-order valence-electron chi connectivity index (χ4n) is 2.99. The first-order valence-corrected chi connectivity index (χ1v) is 8.92. The maximum absolute atomic E-state index is 14.5. The average molecular weight is 372 g/mol. The molecule has 3 rings (SSSR count). The highest BCUT2D eigenvalue weighted by atomic mass is 19.1. The number of hydrogen-bond acceptors (Lipinski definition) is 4. The molecule has 6 nitrogen and oxygen atoms in total. The molecule has 0 spiro atoms. The van der Waals surface area contributed by atoms with Crippen LogP contribution in [0.4, 0.5) is 15.8 Å². The van der Waals surface area contributed by atoms with Crippen molar-refractivity contribution in [2.24, 2.45) is 10.7 Å². The summed E-state index contributed by atoms with van der Waals surface area (Å²) in [6, 6.07) is 12.9. The monoisotopic (exact) mass is 372 g/mol. The Morgan fingerprint density at radius 3 is 2.78 bits per heavy atom. The summed E-state index contributed by atoms with van der Waals surface area (Å²) in [5.74, 6) is 0.0257. The Labute approximate surface area is 158 Å². The molecule has 1 fully saturated rings. The zero-order chi connectivity index (χ0) is 19.1. The van der Waals surface area contributed by atoms with Crippen LogP contribution in [0.2, 0.25) is 0 Å². The van der Waals surface area contributed by atoms with E-state index in [-0.39, 0.29) is 11.8 Å². The third-order valence-electron chi connectivity index (χ3n) is 4.38. The zero-order valence-electron chi connectivity index (χ0n) is 15.5. The number of nitrogens with two attached hydrogens (primary N) is 1. The molecular formula is C20H25FN4O2. The van der Waals surface area contributed by atoms with Gasteiger partial charge in [0.25, 0.3) is 0 Å². The number of nitrogens with one attached hydrogen (secondary N) is 1. The Kier molecular flexibility index (Phi) is 6.62. The summed E-state index contributed by atoms with van der Waals surface area (Å²) in [6.45, 7) is 3.42. The summed E-state index contributed by atoms with van der Waals surface area (Å²) in [4.78, 5) is 6.31. The number of anilines is 2. The second kappa shape index (κ2) is 9.34. The minimum atomic E-state index is -0.249. The van der Waals surface area contributed by atoms with Crippen LogP contribution in [0.1, 0.15) is 11.1 Å². The fourth-order valence-corrected chi connectivity index (χ4v) is 2.99. The minimum absolute atomic E-state index is 0.249. The molecule has 3 N–H and O–H groups in total. The number of rotatable bonds is 6. The molecule has 1 aliphatic rings. The summed E-state index contributed by atoms with van der Waals surface area (Å²) >= 11 is 0. The Bertz CT molecular complexity index is 791. The van der Waals surface area contributed by atoms with Crippen molar-refractivity contribution < 1.29 is 13.9 Å². The number of hydrogen-bond donors (Lipinski definition) is 2. The lowest BCUT2D eigenvalue weighted by Crippen LogP contribution is -2.36. The average Bonchev–Trinajstić information content (AvgIpc) is 2.69. The van der Waals surface area contributed by atoms with Gasteiger partial charge in [0.15, 0.2) is 5.96 Å². The second-order valence-corrected chi connectivity index (χ2v) is 6.30. The molecule has 0 atom stereocenters. The molecule has 0 saturated carbocycles. The van der Waals surface area contributed by atoms with Crippen LogP contribution in [0.5, 0.6) is 0 Å². The van der Waals surface area contributed by atoms with Gasteiger partial charge >= 0.3 is 0 Å². The van der Waals surface area contributed by atoms with Crippen LogP contribution in [0.25, 0.3) is 0 Å². The maximum atomic E-state index is 14.5. The highest BCUT2D eigenvalue weighted by Crippen LogP contribution is 2.22. The molecular weight excluding hydrogens is 347 g/mol. The Morgan fingerprint density at radius 2 is 2.04 bits per heavy atom. The Morgan fingerprint density at radius 1 is 1.26 bits per heavy atom. The van der Waals surface area contributed by atoms with Gasteiger partial charge in [-0.05, 0) is 23.8 Å². The van der Waals surface area contributed by atoms with Crippen molar-refractivity contribution in [3.05, 3.63) is 59.4 Å². The first-order chi connectivity index (χ1) is 13.2. The van der Waals surface area contributed by atoms with Crippen LogP contribution in [0, 0.1) is 5.82 Å². The molecule has 144 valence electrons. The number of methoxy groups -OCH3 is 1. The summed E-state index contributed by atoms with van der Waals surface area (Å²) < 4.78 is 24.9. The lowest BCUT2D eigenvalue weighted by atomic mass is 10.1. The van der Waals surface area contributed by atoms with Gasteiger partial charge in [0.2, 0.25) is 0 Å². The molecule has 0 radical (unpaired) electrons. The van der Waals surface area contributed by atoms with E-state index in [1.165, 1.54) is 6.07 Å². The SMILES string of the molecule is COCc1ccccc1NC(N)=NCc1ccc(N2CCOCC2)c(F)c1. The molecule has 1 aliphatic heterocycles. The lowest BCUT2D eigenvalue weighted by Gasteiger charge is -2.29. The number of halogens is 1. The third kappa shape index (κ3) is 5.18. The van der Waals surface area contributed by atoms with E-state index in [0.29, 0.717) is 45.1 Å². The van der Waals surface area contributed by atoms with Crippen LogP contribution >= 0.6 is 0 Å². The van der Waals surface area contributed by atoms with Crippen LogP contribution in [-0.2, 0) is 22.6 Å². The van der Waals surface area contributed by atoms with E-state index < -0.39 is 0 Å². The highest BCUT2D eigenvalue weighted by Gasteiger charge is 2.15. The second-order valence-electron chi connectivity index (χ2n) is 6.30. The molecule has 2 aromatic carbocycles. The van der Waals surface area contributed by atoms with E-state index in [4.69, 9.17) is 15.2 Å². The van der Waals surface area contributed by atoms with Crippen LogP contribution < -0.4 is 16.0 Å². The maximum Gasteiger partial charge on any atom is 0.193 e. The van der Waals surface area contributed by atoms with Crippen LogP contribution in [-0.4, -0.2) is 39.4 Å². The summed E-state index contributed by atoms with van der Waals surface area (Å²) in [5.41, 5.74) is 9.18. The predicted molar refractivity (Wildman–Crippen MR) is 106 cm³/mol. The number of para-hydroxylation sites is 1. The Balaban J connectivity index is 1.64. The summed E-state index contributed by atoms with van der Waals surface area (Å²) in [5, 5.41) is 3.08. The molecule has 0 aromatic heterocycles. The van der Waals surface area contributed by atoms with E-state index in [1.54, 1.807) is 13.2 Å². The van der Waals surface area contributed by atoms with Gasteiger partial charge in [0.05, 0.1) is 32.1 Å². The molecule has 27 heavy (non-hydrogen) atoms. The van der Waals surface area contributed by atoms with Gasteiger partial charge in [-0.2, -0.15) is 0 Å². The number of nitrogens with zero attached hydrogens (tertiary/aromatic N) is 2. The zero-order valence-corrected chi connectivity index (χ0v) is 15.5. The van der Waals surface area contributed by atoms with Crippen molar-refractivity contribution >= 4 is 17.3 Å². The quantitative estimate of drug-likeness (QED) is 0.603. The molecule has 2 aromatic rings. The molecule has 1 heterocycles. The molecule has 0 amide bonds. The third-order valence-corrected chi connectivity index (χ3v) is 4.38. The van der Waals surface area contributed by atoms with E-state index >= 15 is 0 Å². The number of benzene rings is 2. The van der Waals surface area contributed by atoms with E-state index in [9.17, 15) is 4.39 Å². The summed E-state index contributed by atoms with van der Waals surface area (Å²) in [6.07, 6.45) is 0. The van der Waals surface area contributed by atoms with E-state index in [0.717, 1.165) is 16.8 Å². The van der Waals surface area contributed by atoms with Crippen molar-refractivity contribution in [2.75, 3.05) is 43.6 Å². The number of guanidine groups is 1. The number of aliphatic imine (C=N–C) groups is 1. The van der Waals surface area contributed by atoms with Crippen molar-refractivity contribution in [1.82, 2.24) is 0 Å². The number of morpholine rings is 1. The summed E-state index contributed by atoms with van der Waals surface area (Å²) in [7, 11) is 1.64. The minimum Gasteiger partial charge on any atom is -0.380 e. The highest BCUT2D eigenvalue weighted by molar-refractivity contribution is 5.92. The topological polar surface area (TPSA) is 72.1 Å². The van der Waals surface area contributed by atoms with Gasteiger partial charge < -0.3 is 25.4 Å². The lowest BCUT2D eigenvalue weighted by molar-refractivity contribution is 0.122. The smallest absolute Gasteiger partial charge is 0.193 e. The first-order valence-electron chi connectivity index (χ1n) is 8.92. The van der Waals surface area contributed by atoms with Gasteiger partial charge in [-0.3, -0.25) is 0 Å². The standard InChI is InChI=1S/C20H25FN4O2/c1-26-14-16-4-2-3-5-18(16)24-20(22)23-13-15-6-7-19(17(21)12-15)25-8-10-27-11-9-25/h2-7,12H,8-11,13-14H2,1H3,(H3,22,23,24). The van der Waals surface area contributed by atoms with Gasteiger partial charge in [-0.25, -0.2) is 9.38 Å². The Hall–Kier alpha value is -2.64. The molecule has 0 bridgehead atoms. The van der Waals surface area contributed by atoms with Crippen LogP contribution in [0.3, 0.4) is 0 Å². The van der Waals surface area contributed by atoms with Crippen molar-refractivity contribution in [3.8, 4) is 0 Å². The molecule has 0 aliphatic carbocycles. The van der Waals surface area contributed by atoms with Crippen molar-refractivity contribution in [2.45, 2.75) is 13.2 Å². The van der Waals surface area contributed by atoms with Gasteiger partial charge in [-0.15, -0.1) is 0 Å². The molecule has 7 heteroatoms. The predicted octanol–water partition coefficient (Wildman–Crippen LogP) is 2.74. The van der Waals surface area contributed by atoms with Gasteiger partial charge in [-0.1, -0.05) is 24.3 Å². The van der Waals surface area contributed by atoms with E-state index in [2.05, 4.69) is 10.3 Å². The largest absolute Gasteiger partial charge is 0.380 e. The van der Waals surface area contributed by atoms with Crippen molar-refractivity contribution in [3.63, 3.8) is 0 Å². The van der Waals surface area contributed by atoms with Crippen LogP contribution in [0.15, 0.2) is 47.5 Å². The molecule has 0 unspecified atom stereocenters. The fraction of sp³-hybridized carbons (Fsp3) is 0.350. The normalized spacial score (nSPS) is 15.0. The van der Waals surface area contributed by atoms with E-state index in [1.807, 2.05) is 35.2 Å². The van der Waals surface area contributed by atoms with Gasteiger partial charge in [0, 0.05) is 31.5 Å². The van der Waals surface area contributed by atoms with Gasteiger partial charge in [0.1, 0.15) is 5.82 Å². The number of ether oxygens (including phenoxy) is 2. The molecule has 1 saturated heterocycles.